The SMILES string of the molecule is CSC(C)(C)CNC1CCCOc2cc(Br)ccc21. The molecule has 106 valence electrons. The molecule has 1 aliphatic rings. The Morgan fingerprint density at radius 1 is 1.47 bits per heavy atom. The van der Waals surface area contributed by atoms with Gasteiger partial charge in [-0.1, -0.05) is 22.0 Å². The van der Waals surface area contributed by atoms with Crippen molar-refractivity contribution in [3.63, 3.8) is 0 Å². The molecule has 2 rings (SSSR count). The van der Waals surface area contributed by atoms with Gasteiger partial charge in [0.15, 0.2) is 0 Å². The Morgan fingerprint density at radius 2 is 2.26 bits per heavy atom. The molecule has 0 amide bonds. The second kappa shape index (κ2) is 6.51. The molecule has 0 saturated carbocycles. The van der Waals surface area contributed by atoms with Crippen molar-refractivity contribution >= 4 is 27.7 Å². The second-order valence-electron chi connectivity index (χ2n) is 5.57. The van der Waals surface area contributed by atoms with Crippen molar-refractivity contribution in [3.8, 4) is 5.75 Å². The number of ether oxygens (including phenoxy) is 1. The Morgan fingerprint density at radius 3 is 3.00 bits per heavy atom. The van der Waals surface area contributed by atoms with E-state index in [4.69, 9.17) is 4.74 Å². The lowest BCUT2D eigenvalue weighted by atomic mass is 10.0. The highest BCUT2D eigenvalue weighted by molar-refractivity contribution is 9.10. The molecule has 1 heterocycles. The third-order valence-corrected chi connectivity index (χ3v) is 5.32. The summed E-state index contributed by atoms with van der Waals surface area (Å²) in [6, 6.07) is 6.75. The first kappa shape index (κ1) is 15.2. The van der Waals surface area contributed by atoms with Crippen LogP contribution in [-0.4, -0.2) is 24.2 Å². The molecule has 0 aliphatic carbocycles. The molecule has 0 bridgehead atoms. The molecule has 1 aromatic rings. The molecule has 1 atom stereocenters. The molecule has 0 saturated heterocycles. The molecule has 1 unspecified atom stereocenters. The van der Waals surface area contributed by atoms with Crippen LogP contribution >= 0.6 is 27.7 Å². The molecule has 1 N–H and O–H groups in total. The van der Waals surface area contributed by atoms with E-state index in [1.807, 2.05) is 11.8 Å². The first-order chi connectivity index (χ1) is 9.02. The molecular formula is C15H22BrNOS. The van der Waals surface area contributed by atoms with Gasteiger partial charge >= 0.3 is 0 Å². The lowest BCUT2D eigenvalue weighted by Crippen LogP contribution is -2.34. The number of hydrogen-bond acceptors (Lipinski definition) is 3. The van der Waals surface area contributed by atoms with Gasteiger partial charge in [0.2, 0.25) is 0 Å². The van der Waals surface area contributed by atoms with Crippen molar-refractivity contribution < 1.29 is 4.74 Å². The summed E-state index contributed by atoms with van der Waals surface area (Å²) in [4.78, 5) is 0. The first-order valence-corrected chi connectivity index (χ1v) is 8.74. The molecule has 1 aromatic carbocycles. The van der Waals surface area contributed by atoms with Crippen LogP contribution in [-0.2, 0) is 0 Å². The first-order valence-electron chi connectivity index (χ1n) is 6.72. The van der Waals surface area contributed by atoms with Crippen molar-refractivity contribution in [1.29, 1.82) is 0 Å². The summed E-state index contributed by atoms with van der Waals surface area (Å²) in [5.74, 6) is 1.02. The van der Waals surface area contributed by atoms with Crippen molar-refractivity contribution in [2.75, 3.05) is 19.4 Å². The minimum atomic E-state index is 0.267. The predicted molar refractivity (Wildman–Crippen MR) is 87.2 cm³/mol. The minimum absolute atomic E-state index is 0.267. The zero-order valence-electron chi connectivity index (χ0n) is 11.8. The third kappa shape index (κ3) is 4.14. The van der Waals surface area contributed by atoms with Gasteiger partial charge in [-0.05, 0) is 45.1 Å². The van der Waals surface area contributed by atoms with Gasteiger partial charge in [0.25, 0.3) is 0 Å². The highest BCUT2D eigenvalue weighted by atomic mass is 79.9. The summed E-state index contributed by atoms with van der Waals surface area (Å²) >= 11 is 5.42. The van der Waals surface area contributed by atoms with E-state index < -0.39 is 0 Å². The molecule has 19 heavy (non-hydrogen) atoms. The number of halogens is 1. The van der Waals surface area contributed by atoms with Gasteiger partial charge in [-0.15, -0.1) is 0 Å². The quantitative estimate of drug-likeness (QED) is 0.875. The van der Waals surface area contributed by atoms with Crippen molar-refractivity contribution in [3.05, 3.63) is 28.2 Å². The topological polar surface area (TPSA) is 21.3 Å². The van der Waals surface area contributed by atoms with Crippen LogP contribution in [0.25, 0.3) is 0 Å². The number of thioether (sulfide) groups is 1. The monoisotopic (exact) mass is 343 g/mol. The van der Waals surface area contributed by atoms with Crippen LogP contribution in [0, 0.1) is 0 Å². The van der Waals surface area contributed by atoms with E-state index in [0.29, 0.717) is 6.04 Å². The van der Waals surface area contributed by atoms with Gasteiger partial charge in [-0.2, -0.15) is 11.8 Å². The molecule has 0 fully saturated rings. The standard InChI is InChI=1S/C15H22BrNOS/c1-15(2,19-3)10-17-13-5-4-8-18-14-9-11(16)6-7-12(13)14/h6-7,9,13,17H,4-5,8,10H2,1-3H3. The van der Waals surface area contributed by atoms with Crippen LogP contribution in [0.4, 0.5) is 0 Å². The van der Waals surface area contributed by atoms with Crippen molar-refractivity contribution in [1.82, 2.24) is 5.32 Å². The maximum absolute atomic E-state index is 5.84. The molecule has 4 heteroatoms. The van der Waals surface area contributed by atoms with Gasteiger partial charge in [0, 0.05) is 27.4 Å². The summed E-state index contributed by atoms with van der Waals surface area (Å²) in [6.45, 7) is 6.38. The van der Waals surface area contributed by atoms with Crippen LogP contribution in [0.15, 0.2) is 22.7 Å². The average Bonchev–Trinajstić information content (AvgIpc) is 2.58. The largest absolute Gasteiger partial charge is 0.493 e. The Kier molecular flexibility index (Phi) is 5.21. The summed E-state index contributed by atoms with van der Waals surface area (Å²) < 4.78 is 7.19. The van der Waals surface area contributed by atoms with Gasteiger partial charge in [0.05, 0.1) is 6.61 Å². The molecule has 0 radical (unpaired) electrons. The third-order valence-electron chi connectivity index (χ3n) is 3.57. The smallest absolute Gasteiger partial charge is 0.125 e. The minimum Gasteiger partial charge on any atom is -0.493 e. The maximum Gasteiger partial charge on any atom is 0.125 e. The number of rotatable bonds is 4. The highest BCUT2D eigenvalue weighted by Gasteiger charge is 2.23. The predicted octanol–water partition coefficient (Wildman–Crippen LogP) is 4.39. The van der Waals surface area contributed by atoms with Gasteiger partial charge < -0.3 is 10.1 Å². The molecule has 0 aromatic heterocycles. The summed E-state index contributed by atoms with van der Waals surface area (Å²) in [5, 5.41) is 3.71. The van der Waals surface area contributed by atoms with E-state index in [9.17, 15) is 0 Å². The Balaban J connectivity index is 2.13. The fraction of sp³-hybridized carbons (Fsp3) is 0.600. The lowest BCUT2D eigenvalue weighted by Gasteiger charge is -2.27. The van der Waals surface area contributed by atoms with Crippen LogP contribution in [0.2, 0.25) is 0 Å². The second-order valence-corrected chi connectivity index (χ2v) is 8.00. The number of benzene rings is 1. The van der Waals surface area contributed by atoms with E-state index in [-0.39, 0.29) is 4.75 Å². The Labute approximate surface area is 128 Å². The molecular weight excluding hydrogens is 322 g/mol. The summed E-state index contributed by atoms with van der Waals surface area (Å²) in [5.41, 5.74) is 1.29. The molecule has 1 aliphatic heterocycles. The van der Waals surface area contributed by atoms with Crippen molar-refractivity contribution in [2.45, 2.75) is 37.5 Å². The number of fused-ring (bicyclic) bond motifs is 1. The van der Waals surface area contributed by atoms with Crippen LogP contribution in [0.5, 0.6) is 5.75 Å². The van der Waals surface area contributed by atoms with Gasteiger partial charge in [0.1, 0.15) is 5.75 Å². The van der Waals surface area contributed by atoms with E-state index >= 15 is 0 Å². The molecule has 0 spiro atoms. The fourth-order valence-corrected chi connectivity index (χ4v) is 2.77. The summed E-state index contributed by atoms with van der Waals surface area (Å²) in [6.07, 6.45) is 4.41. The van der Waals surface area contributed by atoms with Crippen LogP contribution in [0.3, 0.4) is 0 Å². The fourth-order valence-electron chi connectivity index (χ4n) is 2.20. The lowest BCUT2D eigenvalue weighted by molar-refractivity contribution is 0.315. The number of hydrogen-bond donors (Lipinski definition) is 1. The van der Waals surface area contributed by atoms with Gasteiger partial charge in [-0.25, -0.2) is 0 Å². The van der Waals surface area contributed by atoms with Crippen LogP contribution in [0.1, 0.15) is 38.3 Å². The Hall–Kier alpha value is -0.190. The van der Waals surface area contributed by atoms with Gasteiger partial charge in [-0.3, -0.25) is 0 Å². The number of nitrogens with one attached hydrogen (secondary N) is 1. The zero-order valence-corrected chi connectivity index (χ0v) is 14.2. The van der Waals surface area contributed by atoms with E-state index in [1.165, 1.54) is 5.56 Å². The van der Waals surface area contributed by atoms with Crippen LogP contribution < -0.4 is 10.1 Å². The maximum atomic E-state index is 5.84. The zero-order chi connectivity index (χ0) is 13.9. The Bertz CT molecular complexity index is 436. The summed E-state index contributed by atoms with van der Waals surface area (Å²) in [7, 11) is 0. The normalized spacial score (nSPS) is 19.5. The molecule has 2 nitrogen and oxygen atoms in total. The average molecular weight is 344 g/mol. The van der Waals surface area contributed by atoms with Crippen molar-refractivity contribution in [2.24, 2.45) is 0 Å². The van der Waals surface area contributed by atoms with E-state index in [2.05, 4.69) is 59.5 Å². The highest BCUT2D eigenvalue weighted by Crippen LogP contribution is 2.34. The van der Waals surface area contributed by atoms with E-state index in [1.54, 1.807) is 0 Å². The van der Waals surface area contributed by atoms with E-state index in [0.717, 1.165) is 36.2 Å².